The maximum atomic E-state index is 12.8. The number of nitrogens with zero attached hydrogens (tertiary/aromatic N) is 2. The highest BCUT2D eigenvalue weighted by atomic mass is 32.2. The summed E-state index contributed by atoms with van der Waals surface area (Å²) < 4.78 is 27.1. The molecule has 1 unspecified atom stereocenters. The second kappa shape index (κ2) is 6.13. The zero-order valence-corrected chi connectivity index (χ0v) is 13.0. The molecule has 1 fully saturated rings. The van der Waals surface area contributed by atoms with E-state index in [1.807, 2.05) is 14.0 Å². The van der Waals surface area contributed by atoms with Crippen LogP contribution in [0.15, 0.2) is 29.2 Å². The first kappa shape index (κ1) is 15.9. The van der Waals surface area contributed by atoms with Crippen LogP contribution in [0.4, 0.5) is 0 Å². The first-order valence-corrected chi connectivity index (χ1v) is 8.30. The fourth-order valence-electron chi connectivity index (χ4n) is 2.70. The largest absolute Gasteiger partial charge is 0.478 e. The Morgan fingerprint density at radius 3 is 2.62 bits per heavy atom. The highest BCUT2D eigenvalue weighted by molar-refractivity contribution is 7.89. The summed E-state index contributed by atoms with van der Waals surface area (Å²) in [5, 5.41) is 9.20. The van der Waals surface area contributed by atoms with Crippen molar-refractivity contribution in [3.8, 4) is 0 Å². The van der Waals surface area contributed by atoms with Crippen LogP contribution in [-0.2, 0) is 10.0 Å². The molecular weight excluding hydrogens is 292 g/mol. The van der Waals surface area contributed by atoms with Gasteiger partial charge < -0.3 is 10.0 Å². The van der Waals surface area contributed by atoms with E-state index < -0.39 is 16.0 Å². The van der Waals surface area contributed by atoms with Gasteiger partial charge >= 0.3 is 5.97 Å². The summed E-state index contributed by atoms with van der Waals surface area (Å²) in [6.07, 6.45) is 0.731. The SMILES string of the molecule is CC1CN(C)CCCN1S(=O)(=O)c1ccccc1C(=O)O. The summed E-state index contributed by atoms with van der Waals surface area (Å²) in [7, 11) is -1.85. The van der Waals surface area contributed by atoms with Crippen LogP contribution in [0.2, 0.25) is 0 Å². The number of sulfonamides is 1. The number of aromatic carboxylic acids is 1. The first-order chi connectivity index (χ1) is 9.84. The third-order valence-electron chi connectivity index (χ3n) is 3.69. The Kier molecular flexibility index (Phi) is 4.65. The monoisotopic (exact) mass is 312 g/mol. The van der Waals surface area contributed by atoms with E-state index in [0.29, 0.717) is 13.1 Å². The maximum absolute atomic E-state index is 12.8. The van der Waals surface area contributed by atoms with Crippen LogP contribution >= 0.6 is 0 Å². The molecule has 1 saturated heterocycles. The molecular formula is C14H20N2O4S. The van der Waals surface area contributed by atoms with Gasteiger partial charge in [0.1, 0.15) is 0 Å². The van der Waals surface area contributed by atoms with Gasteiger partial charge in [0.2, 0.25) is 10.0 Å². The lowest BCUT2D eigenvalue weighted by Gasteiger charge is -2.27. The number of hydrogen-bond acceptors (Lipinski definition) is 4. The standard InChI is InChI=1S/C14H20N2O4S/c1-11-10-15(2)8-5-9-16(11)21(19,20)13-7-4-3-6-12(13)14(17)18/h3-4,6-7,11H,5,8-10H2,1-2H3,(H,17,18). The number of hydrogen-bond donors (Lipinski definition) is 1. The molecule has 21 heavy (non-hydrogen) atoms. The predicted octanol–water partition coefficient (Wildman–Crippen LogP) is 1.10. The number of rotatable bonds is 3. The summed E-state index contributed by atoms with van der Waals surface area (Å²) in [4.78, 5) is 13.2. The summed E-state index contributed by atoms with van der Waals surface area (Å²) >= 11 is 0. The average molecular weight is 312 g/mol. The Labute approximate surface area is 125 Å². The van der Waals surface area contributed by atoms with E-state index in [1.54, 1.807) is 6.07 Å². The van der Waals surface area contributed by atoms with Crippen LogP contribution in [0.3, 0.4) is 0 Å². The smallest absolute Gasteiger partial charge is 0.337 e. The molecule has 1 aliphatic rings. The molecule has 6 nitrogen and oxygen atoms in total. The van der Waals surface area contributed by atoms with Gasteiger partial charge in [-0.1, -0.05) is 12.1 Å². The van der Waals surface area contributed by atoms with Gasteiger partial charge in [0.25, 0.3) is 0 Å². The quantitative estimate of drug-likeness (QED) is 0.904. The number of carboxylic acid groups (broad SMARTS) is 1. The van der Waals surface area contributed by atoms with Gasteiger partial charge in [-0.15, -0.1) is 0 Å². The zero-order chi connectivity index (χ0) is 15.6. The molecule has 1 aliphatic heterocycles. The third-order valence-corrected chi connectivity index (χ3v) is 5.76. The number of carbonyl (C=O) groups is 1. The van der Waals surface area contributed by atoms with E-state index in [0.717, 1.165) is 13.0 Å². The van der Waals surface area contributed by atoms with Gasteiger partial charge in [-0.25, -0.2) is 13.2 Å². The van der Waals surface area contributed by atoms with Crippen molar-refractivity contribution in [2.24, 2.45) is 0 Å². The van der Waals surface area contributed by atoms with Crippen LogP contribution in [0.1, 0.15) is 23.7 Å². The van der Waals surface area contributed by atoms with Gasteiger partial charge in [0, 0.05) is 19.1 Å². The number of benzene rings is 1. The molecule has 0 radical (unpaired) electrons. The number of carboxylic acids is 1. The molecule has 0 amide bonds. The Balaban J connectivity index is 2.44. The van der Waals surface area contributed by atoms with Gasteiger partial charge in [0.15, 0.2) is 0 Å². The second-order valence-corrected chi connectivity index (χ2v) is 7.24. The molecule has 1 atom stereocenters. The highest BCUT2D eigenvalue weighted by Crippen LogP contribution is 2.24. The summed E-state index contributed by atoms with van der Waals surface area (Å²) in [6.45, 7) is 3.72. The van der Waals surface area contributed by atoms with E-state index >= 15 is 0 Å². The summed E-state index contributed by atoms with van der Waals surface area (Å²) in [5.41, 5.74) is -0.178. The van der Waals surface area contributed by atoms with Crippen molar-refractivity contribution in [3.63, 3.8) is 0 Å². The Hall–Kier alpha value is -1.44. The van der Waals surface area contributed by atoms with Crippen molar-refractivity contribution >= 4 is 16.0 Å². The van der Waals surface area contributed by atoms with E-state index in [9.17, 15) is 18.3 Å². The fourth-order valence-corrected chi connectivity index (χ4v) is 4.55. The second-order valence-electron chi connectivity index (χ2n) is 5.38. The minimum absolute atomic E-state index is 0.131. The molecule has 2 rings (SSSR count). The molecule has 1 aromatic rings. The molecule has 116 valence electrons. The molecule has 1 heterocycles. The van der Waals surface area contributed by atoms with Crippen molar-refractivity contribution < 1.29 is 18.3 Å². The summed E-state index contributed by atoms with van der Waals surface area (Å²) in [6, 6.07) is 5.57. The number of likely N-dealkylation sites (N-methyl/N-ethyl adjacent to an activating group) is 1. The maximum Gasteiger partial charge on any atom is 0.337 e. The fraction of sp³-hybridized carbons (Fsp3) is 0.500. The lowest BCUT2D eigenvalue weighted by molar-refractivity contribution is 0.0692. The molecule has 0 aliphatic carbocycles. The molecule has 0 bridgehead atoms. The normalized spacial score (nSPS) is 21.9. The van der Waals surface area contributed by atoms with Crippen LogP contribution in [0.5, 0.6) is 0 Å². The van der Waals surface area contributed by atoms with Crippen molar-refractivity contribution in [2.75, 3.05) is 26.7 Å². The summed E-state index contributed by atoms with van der Waals surface area (Å²) in [5.74, 6) is -1.23. The Morgan fingerprint density at radius 1 is 1.29 bits per heavy atom. The van der Waals surface area contributed by atoms with E-state index in [-0.39, 0.29) is 16.5 Å². The van der Waals surface area contributed by atoms with Crippen LogP contribution in [-0.4, -0.2) is 61.4 Å². The van der Waals surface area contributed by atoms with E-state index in [1.165, 1.54) is 22.5 Å². The minimum Gasteiger partial charge on any atom is -0.478 e. The van der Waals surface area contributed by atoms with Gasteiger partial charge in [0.05, 0.1) is 10.5 Å². The van der Waals surface area contributed by atoms with Crippen molar-refractivity contribution in [1.82, 2.24) is 9.21 Å². The molecule has 0 saturated carbocycles. The van der Waals surface area contributed by atoms with Crippen molar-refractivity contribution in [1.29, 1.82) is 0 Å². The Morgan fingerprint density at radius 2 is 1.95 bits per heavy atom. The van der Waals surface area contributed by atoms with Crippen LogP contribution in [0, 0.1) is 0 Å². The van der Waals surface area contributed by atoms with Gasteiger partial charge in [-0.2, -0.15) is 4.31 Å². The molecule has 1 aromatic carbocycles. The minimum atomic E-state index is -3.81. The lowest BCUT2D eigenvalue weighted by atomic mass is 10.2. The average Bonchev–Trinajstić information content (AvgIpc) is 2.59. The molecule has 7 heteroatoms. The van der Waals surface area contributed by atoms with Gasteiger partial charge in [-0.3, -0.25) is 0 Å². The van der Waals surface area contributed by atoms with E-state index in [2.05, 4.69) is 4.90 Å². The Bertz CT molecular complexity index is 630. The lowest BCUT2D eigenvalue weighted by Crippen LogP contribution is -2.42. The zero-order valence-electron chi connectivity index (χ0n) is 12.2. The van der Waals surface area contributed by atoms with Crippen molar-refractivity contribution in [2.45, 2.75) is 24.3 Å². The molecule has 0 aromatic heterocycles. The highest BCUT2D eigenvalue weighted by Gasteiger charge is 2.33. The predicted molar refractivity (Wildman–Crippen MR) is 78.9 cm³/mol. The van der Waals surface area contributed by atoms with Gasteiger partial charge in [-0.05, 0) is 39.1 Å². The third kappa shape index (κ3) is 3.25. The van der Waals surface area contributed by atoms with Crippen molar-refractivity contribution in [3.05, 3.63) is 29.8 Å². The molecule has 0 spiro atoms. The molecule has 1 N–H and O–H groups in total. The first-order valence-electron chi connectivity index (χ1n) is 6.86. The van der Waals surface area contributed by atoms with E-state index in [4.69, 9.17) is 0 Å². The van der Waals surface area contributed by atoms with Crippen LogP contribution < -0.4 is 0 Å². The topological polar surface area (TPSA) is 77.9 Å². The van der Waals surface area contributed by atoms with Crippen LogP contribution in [0.25, 0.3) is 0 Å².